The van der Waals surface area contributed by atoms with E-state index in [9.17, 15) is 9.90 Å². The minimum atomic E-state index is -0.230. The Morgan fingerprint density at radius 3 is 2.83 bits per heavy atom. The summed E-state index contributed by atoms with van der Waals surface area (Å²) in [4.78, 5) is 14.1. The summed E-state index contributed by atoms with van der Waals surface area (Å²) in [5, 5.41) is 15.9. The van der Waals surface area contributed by atoms with Crippen LogP contribution in [0.4, 0.5) is 0 Å². The molecule has 1 aliphatic rings. The summed E-state index contributed by atoms with van der Waals surface area (Å²) in [5.74, 6) is 0.254. The van der Waals surface area contributed by atoms with Crippen molar-refractivity contribution in [1.29, 1.82) is 0 Å². The van der Waals surface area contributed by atoms with Gasteiger partial charge in [-0.25, -0.2) is 0 Å². The van der Waals surface area contributed by atoms with E-state index in [2.05, 4.69) is 11.4 Å². The third kappa shape index (κ3) is 2.64. The molecule has 1 aromatic carbocycles. The molecular formula is C19H20N2O2S. The molecule has 1 atom stereocenters. The van der Waals surface area contributed by atoms with Crippen LogP contribution in [0.5, 0.6) is 0 Å². The molecule has 1 amide bonds. The van der Waals surface area contributed by atoms with Gasteiger partial charge in [0.2, 0.25) is 0 Å². The molecular weight excluding hydrogens is 320 g/mol. The van der Waals surface area contributed by atoms with Crippen molar-refractivity contribution in [2.75, 3.05) is 0 Å². The number of aromatic nitrogens is 1. The fourth-order valence-electron chi connectivity index (χ4n) is 3.51. The lowest BCUT2D eigenvalue weighted by Crippen LogP contribution is -2.41. The number of nitrogens with zero attached hydrogens (tertiary/aromatic N) is 1. The number of carbonyl (C=O) groups is 1. The van der Waals surface area contributed by atoms with Crippen molar-refractivity contribution in [2.45, 2.75) is 25.0 Å². The first-order valence-corrected chi connectivity index (χ1v) is 9.08. The molecule has 2 N–H and O–H groups in total. The van der Waals surface area contributed by atoms with Gasteiger partial charge in [-0.3, -0.25) is 4.79 Å². The number of aryl methyl sites for hydroxylation is 1. The summed E-state index contributed by atoms with van der Waals surface area (Å²) in [7, 11) is 1.98. The van der Waals surface area contributed by atoms with E-state index in [1.54, 1.807) is 11.3 Å². The first kappa shape index (κ1) is 15.4. The minimum Gasteiger partial charge on any atom is -0.393 e. The van der Waals surface area contributed by atoms with Crippen LogP contribution in [0.3, 0.4) is 0 Å². The normalized spacial score (nSPS) is 21.4. The second-order valence-corrected chi connectivity index (χ2v) is 7.50. The van der Waals surface area contributed by atoms with Gasteiger partial charge in [-0.05, 0) is 48.4 Å². The van der Waals surface area contributed by atoms with E-state index in [4.69, 9.17) is 0 Å². The Kier molecular flexibility index (Phi) is 3.90. The lowest BCUT2D eigenvalue weighted by atomic mass is 9.76. The van der Waals surface area contributed by atoms with Crippen molar-refractivity contribution in [2.24, 2.45) is 13.0 Å². The topological polar surface area (TPSA) is 54.3 Å². The van der Waals surface area contributed by atoms with Gasteiger partial charge in [0.15, 0.2) is 0 Å². The molecule has 1 unspecified atom stereocenters. The first-order chi connectivity index (χ1) is 11.6. The minimum absolute atomic E-state index is 0.0279. The van der Waals surface area contributed by atoms with Crippen LogP contribution >= 0.6 is 11.3 Å². The molecule has 0 radical (unpaired) electrons. The van der Waals surface area contributed by atoms with Crippen LogP contribution in [0.1, 0.15) is 34.1 Å². The molecule has 0 aliphatic heterocycles. The number of aliphatic hydroxyl groups is 1. The maximum absolute atomic E-state index is 12.9. The van der Waals surface area contributed by atoms with E-state index in [1.807, 2.05) is 53.5 Å². The number of aliphatic hydroxyl groups excluding tert-OH is 1. The van der Waals surface area contributed by atoms with E-state index < -0.39 is 0 Å². The van der Waals surface area contributed by atoms with Crippen molar-refractivity contribution in [3.05, 3.63) is 58.4 Å². The third-order valence-electron chi connectivity index (χ3n) is 4.93. The van der Waals surface area contributed by atoms with Gasteiger partial charge in [-0.15, -0.1) is 11.3 Å². The van der Waals surface area contributed by atoms with Crippen molar-refractivity contribution in [3.63, 3.8) is 0 Å². The van der Waals surface area contributed by atoms with Gasteiger partial charge in [-0.2, -0.15) is 0 Å². The Morgan fingerprint density at radius 2 is 2.12 bits per heavy atom. The van der Waals surface area contributed by atoms with Crippen LogP contribution in [-0.2, 0) is 7.05 Å². The molecule has 1 saturated carbocycles. The highest BCUT2D eigenvalue weighted by atomic mass is 32.1. The number of thiophene rings is 1. The Labute approximate surface area is 144 Å². The van der Waals surface area contributed by atoms with Crippen molar-refractivity contribution < 1.29 is 9.90 Å². The van der Waals surface area contributed by atoms with Gasteiger partial charge >= 0.3 is 0 Å². The number of benzene rings is 1. The summed E-state index contributed by atoms with van der Waals surface area (Å²) in [5.41, 5.74) is 1.75. The lowest BCUT2D eigenvalue weighted by molar-refractivity contribution is 0.0241. The van der Waals surface area contributed by atoms with E-state index in [-0.39, 0.29) is 18.1 Å². The number of carbonyl (C=O) groups excluding carboxylic acids is 1. The lowest BCUT2D eigenvalue weighted by Gasteiger charge is -2.37. The second kappa shape index (κ2) is 6.07. The number of nitrogens with one attached hydrogen (secondary N) is 1. The van der Waals surface area contributed by atoms with Crippen LogP contribution in [0.15, 0.2) is 48.0 Å². The number of fused-ring (bicyclic) bond motifs is 1. The molecule has 3 aromatic rings. The molecule has 124 valence electrons. The molecule has 2 heterocycles. The molecule has 5 heteroatoms. The second-order valence-electron chi connectivity index (χ2n) is 6.52. The molecule has 0 bridgehead atoms. The quantitative estimate of drug-likeness (QED) is 0.764. The van der Waals surface area contributed by atoms with Crippen LogP contribution in [-0.4, -0.2) is 21.7 Å². The molecule has 4 nitrogen and oxygen atoms in total. The van der Waals surface area contributed by atoms with Crippen LogP contribution in [0.25, 0.3) is 10.9 Å². The molecule has 2 aromatic heterocycles. The zero-order valence-corrected chi connectivity index (χ0v) is 14.3. The van der Waals surface area contributed by atoms with E-state index in [0.29, 0.717) is 11.5 Å². The highest BCUT2D eigenvalue weighted by molar-refractivity contribution is 7.10. The Hall–Kier alpha value is -2.11. The largest absolute Gasteiger partial charge is 0.393 e. The average Bonchev–Trinajstić information content (AvgIpc) is 3.20. The summed E-state index contributed by atoms with van der Waals surface area (Å²) < 4.78 is 2.02. The summed E-state index contributed by atoms with van der Waals surface area (Å²) >= 11 is 1.65. The van der Waals surface area contributed by atoms with Crippen LogP contribution in [0.2, 0.25) is 0 Å². The number of hydrogen-bond donors (Lipinski definition) is 2. The molecule has 0 spiro atoms. The van der Waals surface area contributed by atoms with Gasteiger partial charge in [-0.1, -0.05) is 12.1 Å². The SMILES string of the molecule is Cn1ccc2c(C(=O)NC(c3cccs3)C3CC(O)C3)cccc21. The highest BCUT2D eigenvalue weighted by Gasteiger charge is 2.36. The molecule has 1 fully saturated rings. The standard InChI is InChI=1S/C19H20N2O2S/c1-21-8-7-14-15(4-2-5-16(14)21)19(23)20-18(12-10-13(22)11-12)17-6-3-9-24-17/h2-9,12-13,18,22H,10-11H2,1H3,(H,20,23). The smallest absolute Gasteiger partial charge is 0.252 e. The van der Waals surface area contributed by atoms with E-state index >= 15 is 0 Å². The van der Waals surface area contributed by atoms with Crippen molar-refractivity contribution in [1.82, 2.24) is 9.88 Å². The predicted octanol–water partition coefficient (Wildman–Crippen LogP) is 3.48. The van der Waals surface area contributed by atoms with E-state index in [1.165, 1.54) is 0 Å². The fraction of sp³-hybridized carbons (Fsp3) is 0.316. The Bertz CT molecular complexity index is 863. The number of hydrogen-bond acceptors (Lipinski definition) is 3. The highest BCUT2D eigenvalue weighted by Crippen LogP contribution is 2.39. The van der Waals surface area contributed by atoms with Gasteiger partial charge in [0.25, 0.3) is 5.91 Å². The zero-order chi connectivity index (χ0) is 16.7. The Balaban J connectivity index is 1.63. The monoisotopic (exact) mass is 340 g/mol. The van der Waals surface area contributed by atoms with Gasteiger partial charge in [0.05, 0.1) is 12.1 Å². The van der Waals surface area contributed by atoms with Crippen molar-refractivity contribution >= 4 is 28.1 Å². The van der Waals surface area contributed by atoms with E-state index in [0.717, 1.165) is 28.6 Å². The maximum atomic E-state index is 12.9. The predicted molar refractivity (Wildman–Crippen MR) is 96.2 cm³/mol. The number of amides is 1. The summed E-state index contributed by atoms with van der Waals surface area (Å²) in [6.45, 7) is 0. The van der Waals surface area contributed by atoms with Crippen LogP contribution < -0.4 is 5.32 Å². The third-order valence-corrected chi connectivity index (χ3v) is 5.89. The Morgan fingerprint density at radius 1 is 1.29 bits per heavy atom. The maximum Gasteiger partial charge on any atom is 0.252 e. The van der Waals surface area contributed by atoms with Crippen LogP contribution in [0, 0.1) is 5.92 Å². The summed E-state index contributed by atoms with van der Waals surface area (Å²) in [6.07, 6.45) is 3.24. The molecule has 0 saturated heterocycles. The zero-order valence-electron chi connectivity index (χ0n) is 13.5. The number of rotatable bonds is 4. The fourth-order valence-corrected chi connectivity index (χ4v) is 4.38. The first-order valence-electron chi connectivity index (χ1n) is 8.20. The molecule has 24 heavy (non-hydrogen) atoms. The molecule has 1 aliphatic carbocycles. The van der Waals surface area contributed by atoms with Gasteiger partial charge in [0, 0.05) is 34.6 Å². The van der Waals surface area contributed by atoms with Gasteiger partial charge < -0.3 is 15.0 Å². The van der Waals surface area contributed by atoms with Crippen molar-refractivity contribution in [3.8, 4) is 0 Å². The average molecular weight is 340 g/mol. The van der Waals surface area contributed by atoms with Gasteiger partial charge in [0.1, 0.15) is 0 Å². The molecule has 4 rings (SSSR count). The summed E-state index contributed by atoms with van der Waals surface area (Å²) in [6, 6.07) is 11.8.